The van der Waals surface area contributed by atoms with Crippen molar-refractivity contribution in [1.29, 1.82) is 0 Å². The molecule has 3 amide bonds. The van der Waals surface area contributed by atoms with Gasteiger partial charge in [0.15, 0.2) is 6.61 Å². The van der Waals surface area contributed by atoms with Crippen molar-refractivity contribution >= 4 is 45.4 Å². The number of nitrogens with one attached hydrogen (secondary N) is 2. The Morgan fingerprint density at radius 2 is 1.85 bits per heavy atom. The van der Waals surface area contributed by atoms with Crippen molar-refractivity contribution in [2.75, 3.05) is 13.7 Å². The van der Waals surface area contributed by atoms with Crippen LogP contribution in [-0.4, -0.2) is 31.6 Å². The molecule has 0 saturated carbocycles. The average Bonchev–Trinajstić information content (AvgIpc) is 2.65. The molecular formula is C18H16BrClN2O5. The lowest BCUT2D eigenvalue weighted by Crippen LogP contribution is -2.41. The van der Waals surface area contributed by atoms with Crippen LogP contribution in [0.4, 0.5) is 4.79 Å². The van der Waals surface area contributed by atoms with Gasteiger partial charge in [-0.1, -0.05) is 41.9 Å². The number of hydrogen-bond acceptors (Lipinski definition) is 5. The quantitative estimate of drug-likeness (QED) is 0.652. The average molecular weight is 456 g/mol. The van der Waals surface area contributed by atoms with E-state index in [4.69, 9.17) is 21.1 Å². The molecule has 0 saturated heterocycles. The summed E-state index contributed by atoms with van der Waals surface area (Å²) in [7, 11) is 1.37. The number of urea groups is 1. The topological polar surface area (TPSA) is 93.7 Å². The lowest BCUT2D eigenvalue weighted by Gasteiger charge is -2.17. The molecule has 0 spiro atoms. The summed E-state index contributed by atoms with van der Waals surface area (Å²) in [5.74, 6) is -1.17. The van der Waals surface area contributed by atoms with Crippen LogP contribution in [0.2, 0.25) is 5.02 Å². The Kier molecular flexibility index (Phi) is 7.63. The minimum absolute atomic E-state index is 0.391. The number of rotatable bonds is 6. The second kappa shape index (κ2) is 9.94. The molecule has 1 atom stereocenters. The van der Waals surface area contributed by atoms with Crippen molar-refractivity contribution in [2.45, 2.75) is 6.10 Å². The smallest absolute Gasteiger partial charge is 0.345 e. The maximum atomic E-state index is 12.3. The van der Waals surface area contributed by atoms with Crippen LogP contribution in [0.1, 0.15) is 11.7 Å². The Labute approximate surface area is 169 Å². The Hall–Kier alpha value is -2.58. The molecule has 0 aliphatic rings. The van der Waals surface area contributed by atoms with Gasteiger partial charge in [0.25, 0.3) is 5.91 Å². The summed E-state index contributed by atoms with van der Waals surface area (Å²) in [5.41, 5.74) is 0.417. The molecule has 0 fully saturated rings. The Morgan fingerprint density at radius 3 is 2.48 bits per heavy atom. The molecule has 0 aromatic heterocycles. The molecule has 2 aromatic carbocycles. The number of hydrogen-bond donors (Lipinski definition) is 2. The summed E-state index contributed by atoms with van der Waals surface area (Å²) in [6, 6.07) is 12.4. The van der Waals surface area contributed by atoms with Crippen LogP contribution in [0.3, 0.4) is 0 Å². The molecule has 142 valence electrons. The highest BCUT2D eigenvalue weighted by Gasteiger charge is 2.26. The van der Waals surface area contributed by atoms with E-state index in [1.807, 2.05) is 0 Å². The number of amides is 3. The third-order valence-corrected chi connectivity index (χ3v) is 4.15. The normalized spacial score (nSPS) is 11.2. The predicted molar refractivity (Wildman–Crippen MR) is 103 cm³/mol. The van der Waals surface area contributed by atoms with Gasteiger partial charge in [-0.2, -0.15) is 0 Å². The van der Waals surface area contributed by atoms with E-state index < -0.39 is 30.6 Å². The zero-order valence-corrected chi connectivity index (χ0v) is 16.5. The van der Waals surface area contributed by atoms with Crippen LogP contribution in [0.15, 0.2) is 53.0 Å². The van der Waals surface area contributed by atoms with Gasteiger partial charge in [-0.15, -0.1) is 0 Å². The number of halogens is 2. The second-order valence-electron chi connectivity index (χ2n) is 5.21. The lowest BCUT2D eigenvalue weighted by atomic mass is 10.1. The van der Waals surface area contributed by atoms with Gasteiger partial charge in [-0.3, -0.25) is 10.1 Å². The summed E-state index contributed by atoms with van der Waals surface area (Å²) in [6.45, 7) is -0.434. The lowest BCUT2D eigenvalue weighted by molar-refractivity contribution is -0.158. The van der Waals surface area contributed by atoms with Crippen LogP contribution < -0.4 is 15.4 Å². The molecule has 7 nitrogen and oxygen atoms in total. The van der Waals surface area contributed by atoms with E-state index in [9.17, 15) is 14.4 Å². The van der Waals surface area contributed by atoms with E-state index in [0.29, 0.717) is 20.8 Å². The van der Waals surface area contributed by atoms with Gasteiger partial charge >= 0.3 is 12.0 Å². The van der Waals surface area contributed by atoms with E-state index in [0.717, 1.165) is 0 Å². The molecule has 2 N–H and O–H groups in total. The molecule has 0 radical (unpaired) electrons. The molecule has 0 bridgehead atoms. The number of carbonyl (C=O) groups is 3. The summed E-state index contributed by atoms with van der Waals surface area (Å²) in [6.07, 6.45) is -1.30. The maximum absolute atomic E-state index is 12.3. The van der Waals surface area contributed by atoms with Crippen LogP contribution in [-0.2, 0) is 14.3 Å². The summed E-state index contributed by atoms with van der Waals surface area (Å²) in [5, 5.41) is 4.86. The predicted octanol–water partition coefficient (Wildman–Crippen LogP) is 3.22. The first-order valence-electron chi connectivity index (χ1n) is 7.75. The van der Waals surface area contributed by atoms with Crippen LogP contribution in [0.5, 0.6) is 5.75 Å². The van der Waals surface area contributed by atoms with Crippen molar-refractivity contribution in [3.05, 3.63) is 63.6 Å². The first-order chi connectivity index (χ1) is 12.9. The van der Waals surface area contributed by atoms with Crippen molar-refractivity contribution in [1.82, 2.24) is 10.6 Å². The number of carbonyl (C=O) groups excluding carboxylic acids is 3. The van der Waals surface area contributed by atoms with Crippen molar-refractivity contribution in [2.24, 2.45) is 0 Å². The Bertz CT molecular complexity index is 832. The highest BCUT2D eigenvalue weighted by molar-refractivity contribution is 9.10. The third-order valence-electron chi connectivity index (χ3n) is 3.29. The summed E-state index contributed by atoms with van der Waals surface area (Å²) < 4.78 is 11.2. The van der Waals surface area contributed by atoms with Gasteiger partial charge in [0.1, 0.15) is 5.75 Å². The van der Waals surface area contributed by atoms with Crippen molar-refractivity contribution in [3.63, 3.8) is 0 Å². The van der Waals surface area contributed by atoms with Crippen LogP contribution in [0.25, 0.3) is 0 Å². The third kappa shape index (κ3) is 6.26. The second-order valence-corrected chi connectivity index (χ2v) is 6.50. The van der Waals surface area contributed by atoms with Gasteiger partial charge in [-0.25, -0.2) is 9.59 Å². The number of esters is 1. The van der Waals surface area contributed by atoms with Crippen LogP contribution in [0, 0.1) is 0 Å². The Balaban J connectivity index is 2.06. The maximum Gasteiger partial charge on any atom is 0.345 e. The fourth-order valence-corrected chi connectivity index (χ4v) is 2.83. The minimum Gasteiger partial charge on any atom is -0.481 e. The van der Waals surface area contributed by atoms with Crippen molar-refractivity contribution < 1.29 is 23.9 Å². The molecular weight excluding hydrogens is 440 g/mol. The summed E-state index contributed by atoms with van der Waals surface area (Å²) >= 11 is 9.12. The molecule has 2 aromatic rings. The van der Waals surface area contributed by atoms with E-state index >= 15 is 0 Å². The molecule has 0 aliphatic carbocycles. The monoisotopic (exact) mass is 454 g/mol. The molecule has 2 rings (SSSR count). The molecule has 0 heterocycles. The van der Waals surface area contributed by atoms with Gasteiger partial charge < -0.3 is 14.8 Å². The van der Waals surface area contributed by atoms with Gasteiger partial charge in [0.2, 0.25) is 6.10 Å². The molecule has 27 heavy (non-hydrogen) atoms. The molecule has 0 aliphatic heterocycles. The van der Waals surface area contributed by atoms with E-state index in [1.165, 1.54) is 7.05 Å². The van der Waals surface area contributed by atoms with Gasteiger partial charge in [0, 0.05) is 17.6 Å². The zero-order chi connectivity index (χ0) is 19.8. The highest BCUT2D eigenvalue weighted by Crippen LogP contribution is 2.28. The van der Waals surface area contributed by atoms with Crippen molar-refractivity contribution in [3.8, 4) is 5.75 Å². The number of benzene rings is 2. The van der Waals surface area contributed by atoms with E-state index in [-0.39, 0.29) is 0 Å². The van der Waals surface area contributed by atoms with Gasteiger partial charge in [-0.05, 0) is 34.1 Å². The largest absolute Gasteiger partial charge is 0.481 e. The van der Waals surface area contributed by atoms with E-state index in [2.05, 4.69) is 26.6 Å². The zero-order valence-electron chi connectivity index (χ0n) is 14.2. The number of imide groups is 1. The fourth-order valence-electron chi connectivity index (χ4n) is 2.04. The summed E-state index contributed by atoms with van der Waals surface area (Å²) in [4.78, 5) is 35.9. The standard InChI is InChI=1S/C18H16BrClN2O5/c1-21-18(25)22-17(24)16(11-5-3-2-4-6-11)27-15(23)10-26-14-8-7-12(20)9-13(14)19/h2-9,16H,10H2,1H3,(H2,21,22,24,25). The minimum atomic E-state index is -1.30. The van der Waals surface area contributed by atoms with Gasteiger partial charge in [0.05, 0.1) is 4.47 Å². The fraction of sp³-hybridized carbons (Fsp3) is 0.167. The molecule has 1 unspecified atom stereocenters. The highest BCUT2D eigenvalue weighted by atomic mass is 79.9. The van der Waals surface area contributed by atoms with Crippen LogP contribution >= 0.6 is 27.5 Å². The number of ether oxygens (including phenoxy) is 2. The first kappa shape index (κ1) is 20.7. The Morgan fingerprint density at radius 1 is 1.15 bits per heavy atom. The first-order valence-corrected chi connectivity index (χ1v) is 8.92. The SMILES string of the molecule is CNC(=O)NC(=O)C(OC(=O)COc1ccc(Cl)cc1Br)c1ccccc1. The van der Waals surface area contributed by atoms with E-state index in [1.54, 1.807) is 48.5 Å². The molecule has 9 heteroatoms.